The van der Waals surface area contributed by atoms with Gasteiger partial charge in [-0.1, -0.05) is 46.7 Å². The standard InChI is InChI=1S/C22H18ClN3O2S/c1-14-5-3-7-16(11-14)21(27)26(13-15-6-4-10-24-12-15)22-25-19-18(28-2)9-8-17(23)20(19)29-22/h3-12H,13H2,1-2H3. The summed E-state index contributed by atoms with van der Waals surface area (Å²) in [6.07, 6.45) is 3.45. The number of ether oxygens (including phenoxy) is 1. The van der Waals surface area contributed by atoms with E-state index in [1.165, 1.54) is 11.3 Å². The van der Waals surface area contributed by atoms with Crippen molar-refractivity contribution in [1.82, 2.24) is 9.97 Å². The molecule has 5 nitrogen and oxygen atoms in total. The Kier molecular flexibility index (Phi) is 5.47. The second-order valence-electron chi connectivity index (χ2n) is 6.55. The van der Waals surface area contributed by atoms with E-state index >= 15 is 0 Å². The van der Waals surface area contributed by atoms with Gasteiger partial charge in [0.2, 0.25) is 0 Å². The number of pyridine rings is 1. The van der Waals surface area contributed by atoms with Crippen LogP contribution in [0.4, 0.5) is 5.13 Å². The van der Waals surface area contributed by atoms with Gasteiger partial charge < -0.3 is 4.74 Å². The van der Waals surface area contributed by atoms with Gasteiger partial charge in [-0.25, -0.2) is 4.98 Å². The number of hydrogen-bond acceptors (Lipinski definition) is 5. The maximum Gasteiger partial charge on any atom is 0.260 e. The zero-order chi connectivity index (χ0) is 20.4. The molecule has 0 bridgehead atoms. The fourth-order valence-corrected chi connectivity index (χ4v) is 4.31. The van der Waals surface area contributed by atoms with Crippen LogP contribution in [-0.2, 0) is 6.54 Å². The van der Waals surface area contributed by atoms with Crippen LogP contribution in [0.3, 0.4) is 0 Å². The average Bonchev–Trinajstić information content (AvgIpc) is 3.19. The number of carbonyl (C=O) groups is 1. The number of fused-ring (bicyclic) bond motifs is 1. The summed E-state index contributed by atoms with van der Waals surface area (Å²) in [6, 6.07) is 14.9. The van der Waals surface area contributed by atoms with Crippen molar-refractivity contribution >= 4 is 44.2 Å². The number of rotatable bonds is 5. The van der Waals surface area contributed by atoms with Crippen molar-refractivity contribution in [3.63, 3.8) is 0 Å². The number of carbonyl (C=O) groups excluding carboxylic acids is 1. The Morgan fingerprint density at radius 3 is 2.79 bits per heavy atom. The summed E-state index contributed by atoms with van der Waals surface area (Å²) >= 11 is 7.75. The first kappa shape index (κ1) is 19.4. The number of methoxy groups -OCH3 is 1. The van der Waals surface area contributed by atoms with E-state index in [0.717, 1.165) is 15.8 Å². The fourth-order valence-electron chi connectivity index (χ4n) is 3.06. The van der Waals surface area contributed by atoms with Crippen LogP contribution < -0.4 is 9.64 Å². The van der Waals surface area contributed by atoms with Crippen molar-refractivity contribution in [2.45, 2.75) is 13.5 Å². The summed E-state index contributed by atoms with van der Waals surface area (Å²) in [6.45, 7) is 2.31. The van der Waals surface area contributed by atoms with Gasteiger partial charge in [0.25, 0.3) is 5.91 Å². The number of nitrogens with zero attached hydrogens (tertiary/aromatic N) is 3. The largest absolute Gasteiger partial charge is 0.494 e. The highest BCUT2D eigenvalue weighted by atomic mass is 35.5. The highest BCUT2D eigenvalue weighted by Crippen LogP contribution is 2.39. The predicted molar refractivity (Wildman–Crippen MR) is 117 cm³/mol. The van der Waals surface area contributed by atoms with Crippen molar-refractivity contribution in [3.8, 4) is 5.75 Å². The van der Waals surface area contributed by atoms with Gasteiger partial charge in [-0.15, -0.1) is 0 Å². The molecule has 0 aliphatic rings. The van der Waals surface area contributed by atoms with Gasteiger partial charge in [-0.3, -0.25) is 14.7 Å². The van der Waals surface area contributed by atoms with E-state index in [1.54, 1.807) is 36.5 Å². The topological polar surface area (TPSA) is 55.3 Å². The van der Waals surface area contributed by atoms with Gasteiger partial charge >= 0.3 is 0 Å². The molecule has 0 saturated heterocycles. The number of aryl methyl sites for hydroxylation is 1. The van der Waals surface area contributed by atoms with Crippen LogP contribution in [0, 0.1) is 6.92 Å². The van der Waals surface area contributed by atoms with Crippen LogP contribution >= 0.6 is 22.9 Å². The van der Waals surface area contributed by atoms with Gasteiger partial charge in [-0.2, -0.15) is 0 Å². The van der Waals surface area contributed by atoms with Gasteiger partial charge in [0.15, 0.2) is 5.13 Å². The maximum absolute atomic E-state index is 13.4. The summed E-state index contributed by atoms with van der Waals surface area (Å²) in [5, 5.41) is 1.13. The molecule has 0 aliphatic heterocycles. The third-order valence-electron chi connectivity index (χ3n) is 4.47. The Labute approximate surface area is 177 Å². The molecule has 2 heterocycles. The first-order valence-corrected chi connectivity index (χ1v) is 10.2. The summed E-state index contributed by atoms with van der Waals surface area (Å²) in [7, 11) is 1.59. The normalized spacial score (nSPS) is 10.9. The van der Waals surface area contributed by atoms with E-state index in [-0.39, 0.29) is 5.91 Å². The third kappa shape index (κ3) is 3.95. The molecule has 0 radical (unpaired) electrons. The smallest absolute Gasteiger partial charge is 0.260 e. The van der Waals surface area contributed by atoms with Crippen molar-refractivity contribution in [2.24, 2.45) is 0 Å². The molecule has 4 aromatic rings. The van der Waals surface area contributed by atoms with E-state index in [2.05, 4.69) is 4.98 Å². The highest BCUT2D eigenvalue weighted by Gasteiger charge is 2.23. The molecule has 2 aromatic heterocycles. The molecule has 146 valence electrons. The summed E-state index contributed by atoms with van der Waals surface area (Å²) in [4.78, 5) is 24.0. The molecule has 0 spiro atoms. The number of benzene rings is 2. The lowest BCUT2D eigenvalue weighted by molar-refractivity contribution is 0.0985. The SMILES string of the molecule is COc1ccc(Cl)c2sc(N(Cc3cccnc3)C(=O)c3cccc(C)c3)nc12. The van der Waals surface area contributed by atoms with Crippen LogP contribution in [0.1, 0.15) is 21.5 Å². The monoisotopic (exact) mass is 423 g/mol. The minimum Gasteiger partial charge on any atom is -0.494 e. The first-order valence-electron chi connectivity index (χ1n) is 8.97. The molecule has 0 atom stereocenters. The molecule has 29 heavy (non-hydrogen) atoms. The first-order chi connectivity index (χ1) is 14.1. The lowest BCUT2D eigenvalue weighted by Crippen LogP contribution is -2.30. The van der Waals surface area contributed by atoms with Crippen LogP contribution in [0.25, 0.3) is 10.2 Å². The average molecular weight is 424 g/mol. The molecule has 0 fully saturated rings. The van der Waals surface area contributed by atoms with Crippen LogP contribution in [0.5, 0.6) is 5.75 Å². The van der Waals surface area contributed by atoms with Crippen LogP contribution in [0.15, 0.2) is 60.9 Å². The molecule has 0 N–H and O–H groups in total. The quantitative estimate of drug-likeness (QED) is 0.424. The Balaban J connectivity index is 1.83. The fraction of sp³-hybridized carbons (Fsp3) is 0.136. The van der Waals surface area contributed by atoms with Gasteiger partial charge in [0.1, 0.15) is 11.3 Å². The number of amides is 1. The molecule has 7 heteroatoms. The maximum atomic E-state index is 13.4. The molecule has 4 rings (SSSR count). The Morgan fingerprint density at radius 2 is 2.07 bits per heavy atom. The number of thiazole rings is 1. The number of halogens is 1. The van der Waals surface area contributed by atoms with Crippen molar-refractivity contribution < 1.29 is 9.53 Å². The molecule has 1 amide bonds. The third-order valence-corrected chi connectivity index (χ3v) is 6.01. The zero-order valence-corrected chi connectivity index (χ0v) is 17.5. The summed E-state index contributed by atoms with van der Waals surface area (Å²) < 4.78 is 6.21. The van der Waals surface area contributed by atoms with E-state index in [1.807, 2.05) is 43.3 Å². The number of aromatic nitrogens is 2. The summed E-state index contributed by atoms with van der Waals surface area (Å²) in [5.74, 6) is 0.489. The van der Waals surface area contributed by atoms with Gasteiger partial charge in [0.05, 0.1) is 23.4 Å². The van der Waals surface area contributed by atoms with E-state index in [9.17, 15) is 4.79 Å². The van der Waals surface area contributed by atoms with Gasteiger partial charge in [-0.05, 0) is 42.8 Å². The number of hydrogen-bond donors (Lipinski definition) is 0. The van der Waals surface area contributed by atoms with Crippen LogP contribution in [-0.4, -0.2) is 23.0 Å². The van der Waals surface area contributed by atoms with E-state index in [0.29, 0.717) is 33.5 Å². The lowest BCUT2D eigenvalue weighted by Gasteiger charge is -2.20. The van der Waals surface area contributed by atoms with Gasteiger partial charge in [0, 0.05) is 18.0 Å². The zero-order valence-electron chi connectivity index (χ0n) is 15.9. The Hall–Kier alpha value is -2.96. The predicted octanol–water partition coefficient (Wildman–Crippen LogP) is 5.51. The van der Waals surface area contributed by atoms with Crippen LogP contribution in [0.2, 0.25) is 5.02 Å². The molecule has 0 saturated carbocycles. The van der Waals surface area contributed by atoms with Crippen molar-refractivity contribution in [3.05, 3.63) is 82.6 Å². The van der Waals surface area contributed by atoms with E-state index < -0.39 is 0 Å². The highest BCUT2D eigenvalue weighted by molar-refractivity contribution is 7.23. The minimum atomic E-state index is -0.133. The second-order valence-corrected chi connectivity index (χ2v) is 7.93. The Morgan fingerprint density at radius 1 is 1.21 bits per heavy atom. The summed E-state index contributed by atoms with van der Waals surface area (Å²) in [5.41, 5.74) is 3.18. The Bertz CT molecular complexity index is 1180. The lowest BCUT2D eigenvalue weighted by atomic mass is 10.1. The molecule has 0 aliphatic carbocycles. The van der Waals surface area contributed by atoms with Crippen molar-refractivity contribution in [2.75, 3.05) is 12.0 Å². The molecular weight excluding hydrogens is 406 g/mol. The molecule has 0 unspecified atom stereocenters. The van der Waals surface area contributed by atoms with E-state index in [4.69, 9.17) is 21.3 Å². The minimum absolute atomic E-state index is 0.133. The second kappa shape index (κ2) is 8.19. The van der Waals surface area contributed by atoms with Crippen molar-refractivity contribution in [1.29, 1.82) is 0 Å². The molecular formula is C22H18ClN3O2S. The molecule has 2 aromatic carbocycles. The number of anilines is 1.